The molecule has 0 unspecified atom stereocenters. The predicted molar refractivity (Wildman–Crippen MR) is 119 cm³/mol. The number of carbonyl (C=O) groups excluding carboxylic acids is 1. The van der Waals surface area contributed by atoms with Gasteiger partial charge in [0.25, 0.3) is 0 Å². The molecule has 3 N–H and O–H groups in total. The Kier molecular flexibility index (Phi) is 5.73. The second-order valence-corrected chi connectivity index (χ2v) is 7.24. The molecule has 0 saturated carbocycles. The number of amides is 1. The molecule has 2 atom stereocenters. The Morgan fingerprint density at radius 2 is 1.55 bits per heavy atom. The Morgan fingerprint density at radius 3 is 2.31 bits per heavy atom. The van der Waals surface area contributed by atoms with Gasteiger partial charge < -0.3 is 15.6 Å². The number of hydrogen-bond acceptors (Lipinski definition) is 2. The van der Waals surface area contributed by atoms with Gasteiger partial charge in [-0.3, -0.25) is 4.79 Å². The quantitative estimate of drug-likeness (QED) is 0.424. The smallest absolute Gasteiger partial charge is 0.241 e. The fraction of sp³-hybridized carbons (Fsp3) is 0.160. The molecule has 4 heteroatoms. The SMILES string of the molecule is C[C@@H](NC[C@H](c1ccccc1)c1c[nH]c2ccccc12)C(=O)Nc1ccccc1. The average molecular weight is 383 g/mol. The molecule has 1 heterocycles. The molecule has 146 valence electrons. The lowest BCUT2D eigenvalue weighted by Gasteiger charge is -2.21. The fourth-order valence-electron chi connectivity index (χ4n) is 3.63. The summed E-state index contributed by atoms with van der Waals surface area (Å²) in [6.07, 6.45) is 2.08. The highest BCUT2D eigenvalue weighted by atomic mass is 16.2. The van der Waals surface area contributed by atoms with Crippen LogP contribution in [0.3, 0.4) is 0 Å². The molecule has 0 aliphatic heterocycles. The van der Waals surface area contributed by atoms with Crippen molar-refractivity contribution in [1.29, 1.82) is 0 Å². The fourth-order valence-corrected chi connectivity index (χ4v) is 3.63. The van der Waals surface area contributed by atoms with Crippen LogP contribution in [-0.4, -0.2) is 23.5 Å². The summed E-state index contributed by atoms with van der Waals surface area (Å²) < 4.78 is 0. The van der Waals surface area contributed by atoms with Crippen molar-refractivity contribution in [2.75, 3.05) is 11.9 Å². The summed E-state index contributed by atoms with van der Waals surface area (Å²) in [5.41, 5.74) is 4.39. The standard InChI is InChI=1S/C25H25N3O/c1-18(25(29)28-20-12-6-3-7-13-20)26-16-22(19-10-4-2-5-11-19)23-17-27-24-15-9-8-14-21(23)24/h2-15,17-18,22,26-27H,16H2,1H3,(H,28,29)/t18-,22-/m1/s1. The summed E-state index contributed by atoms with van der Waals surface area (Å²) in [6.45, 7) is 2.56. The number of anilines is 1. The number of hydrogen-bond donors (Lipinski definition) is 3. The van der Waals surface area contributed by atoms with Gasteiger partial charge in [-0.25, -0.2) is 0 Å². The molecule has 0 fully saturated rings. The van der Waals surface area contributed by atoms with Crippen LogP contribution >= 0.6 is 0 Å². The van der Waals surface area contributed by atoms with E-state index in [1.54, 1.807) is 0 Å². The van der Waals surface area contributed by atoms with Gasteiger partial charge in [-0.15, -0.1) is 0 Å². The van der Waals surface area contributed by atoms with Gasteiger partial charge in [0.05, 0.1) is 6.04 Å². The summed E-state index contributed by atoms with van der Waals surface area (Å²) in [5.74, 6) is 0.0984. The van der Waals surface area contributed by atoms with Crippen molar-refractivity contribution >= 4 is 22.5 Å². The van der Waals surface area contributed by atoms with Crippen molar-refractivity contribution in [2.24, 2.45) is 0 Å². The van der Waals surface area contributed by atoms with E-state index in [2.05, 4.69) is 64.3 Å². The van der Waals surface area contributed by atoms with Gasteiger partial charge in [-0.1, -0.05) is 66.7 Å². The Labute approximate surface area is 171 Å². The second kappa shape index (κ2) is 8.76. The predicted octanol–water partition coefficient (Wildman–Crippen LogP) is 4.92. The zero-order valence-corrected chi connectivity index (χ0v) is 16.4. The lowest BCUT2D eigenvalue weighted by atomic mass is 9.90. The summed E-state index contributed by atoms with van der Waals surface area (Å²) >= 11 is 0. The second-order valence-electron chi connectivity index (χ2n) is 7.24. The monoisotopic (exact) mass is 383 g/mol. The Bertz CT molecular complexity index is 1070. The van der Waals surface area contributed by atoms with Gasteiger partial charge in [0.2, 0.25) is 5.91 Å². The maximum absolute atomic E-state index is 12.6. The number of rotatable bonds is 7. The van der Waals surface area contributed by atoms with Gasteiger partial charge in [-0.05, 0) is 36.2 Å². The van der Waals surface area contributed by atoms with Crippen molar-refractivity contribution in [3.63, 3.8) is 0 Å². The molecule has 1 amide bonds. The van der Waals surface area contributed by atoms with Crippen LogP contribution in [-0.2, 0) is 4.79 Å². The third-order valence-electron chi connectivity index (χ3n) is 5.26. The maximum atomic E-state index is 12.6. The van der Waals surface area contributed by atoms with E-state index in [1.807, 2.05) is 49.4 Å². The van der Waals surface area contributed by atoms with E-state index in [0.29, 0.717) is 6.54 Å². The third kappa shape index (κ3) is 4.39. The Balaban J connectivity index is 1.53. The number of carbonyl (C=O) groups is 1. The van der Waals surface area contributed by atoms with Crippen LogP contribution < -0.4 is 10.6 Å². The minimum atomic E-state index is -0.313. The average Bonchev–Trinajstić information content (AvgIpc) is 3.19. The molecule has 4 aromatic rings. The van der Waals surface area contributed by atoms with Crippen LogP contribution in [0.1, 0.15) is 24.0 Å². The van der Waals surface area contributed by atoms with Crippen molar-refractivity contribution in [2.45, 2.75) is 18.9 Å². The van der Waals surface area contributed by atoms with E-state index in [9.17, 15) is 4.79 Å². The Morgan fingerprint density at radius 1 is 0.897 bits per heavy atom. The van der Waals surface area contributed by atoms with Crippen molar-refractivity contribution in [3.05, 3.63) is 102 Å². The van der Waals surface area contributed by atoms with Crippen LogP contribution in [0.25, 0.3) is 10.9 Å². The van der Waals surface area contributed by atoms with Gasteiger partial charge in [0.15, 0.2) is 0 Å². The topological polar surface area (TPSA) is 56.9 Å². The van der Waals surface area contributed by atoms with E-state index < -0.39 is 0 Å². The minimum absolute atomic E-state index is 0.0399. The molecular formula is C25H25N3O. The molecule has 0 aliphatic rings. The van der Waals surface area contributed by atoms with Crippen molar-refractivity contribution in [3.8, 4) is 0 Å². The first kappa shape index (κ1) is 19.0. The van der Waals surface area contributed by atoms with Crippen molar-refractivity contribution < 1.29 is 4.79 Å². The van der Waals surface area contributed by atoms with Gasteiger partial charge in [0, 0.05) is 35.2 Å². The molecule has 1 aromatic heterocycles. The number of para-hydroxylation sites is 2. The lowest BCUT2D eigenvalue weighted by Crippen LogP contribution is -2.40. The van der Waals surface area contributed by atoms with Crippen LogP contribution in [0.4, 0.5) is 5.69 Å². The lowest BCUT2D eigenvalue weighted by molar-refractivity contribution is -0.117. The number of aromatic nitrogens is 1. The zero-order valence-electron chi connectivity index (χ0n) is 16.4. The van der Waals surface area contributed by atoms with Crippen molar-refractivity contribution in [1.82, 2.24) is 10.3 Å². The molecule has 4 nitrogen and oxygen atoms in total. The van der Waals surface area contributed by atoms with E-state index in [4.69, 9.17) is 0 Å². The molecule has 29 heavy (non-hydrogen) atoms. The van der Waals surface area contributed by atoms with Crippen LogP contribution in [0.2, 0.25) is 0 Å². The first-order chi connectivity index (χ1) is 14.2. The normalized spacial score (nSPS) is 13.1. The highest BCUT2D eigenvalue weighted by molar-refractivity contribution is 5.94. The number of benzene rings is 3. The van der Waals surface area contributed by atoms with Gasteiger partial charge in [0.1, 0.15) is 0 Å². The minimum Gasteiger partial charge on any atom is -0.361 e. The number of fused-ring (bicyclic) bond motifs is 1. The third-order valence-corrected chi connectivity index (χ3v) is 5.26. The first-order valence-corrected chi connectivity index (χ1v) is 9.92. The zero-order chi connectivity index (χ0) is 20.1. The van der Waals surface area contributed by atoms with E-state index >= 15 is 0 Å². The number of H-pyrrole nitrogens is 1. The maximum Gasteiger partial charge on any atom is 0.241 e. The molecule has 0 bridgehead atoms. The molecule has 0 aliphatic carbocycles. The molecule has 0 radical (unpaired) electrons. The van der Waals surface area contributed by atoms with E-state index in [0.717, 1.165) is 11.2 Å². The number of aromatic amines is 1. The summed E-state index contributed by atoms with van der Waals surface area (Å²) in [6, 6.07) is 28.0. The molecule has 4 rings (SSSR count). The van der Waals surface area contributed by atoms with Gasteiger partial charge in [-0.2, -0.15) is 0 Å². The highest BCUT2D eigenvalue weighted by Crippen LogP contribution is 2.30. The molecular weight excluding hydrogens is 358 g/mol. The van der Waals surface area contributed by atoms with Crippen LogP contribution in [0.15, 0.2) is 91.1 Å². The summed E-state index contributed by atoms with van der Waals surface area (Å²) in [7, 11) is 0. The summed E-state index contributed by atoms with van der Waals surface area (Å²) in [5, 5.41) is 7.60. The van der Waals surface area contributed by atoms with Crippen LogP contribution in [0, 0.1) is 0 Å². The van der Waals surface area contributed by atoms with Crippen LogP contribution in [0.5, 0.6) is 0 Å². The van der Waals surface area contributed by atoms with E-state index in [-0.39, 0.29) is 17.9 Å². The highest BCUT2D eigenvalue weighted by Gasteiger charge is 2.20. The van der Waals surface area contributed by atoms with Gasteiger partial charge >= 0.3 is 0 Å². The first-order valence-electron chi connectivity index (χ1n) is 9.92. The number of nitrogens with one attached hydrogen (secondary N) is 3. The molecule has 0 saturated heterocycles. The van der Waals surface area contributed by atoms with E-state index in [1.165, 1.54) is 16.5 Å². The Hall–Kier alpha value is -3.37. The molecule has 0 spiro atoms. The largest absolute Gasteiger partial charge is 0.361 e. The molecule has 3 aromatic carbocycles. The summed E-state index contributed by atoms with van der Waals surface area (Å²) in [4.78, 5) is 16.0.